The van der Waals surface area contributed by atoms with E-state index in [9.17, 15) is 10.1 Å². The summed E-state index contributed by atoms with van der Waals surface area (Å²) in [4.78, 5) is 12.5. The Bertz CT molecular complexity index is 942. The summed E-state index contributed by atoms with van der Waals surface area (Å²) in [6.45, 7) is 4.28. The molecule has 0 atom stereocenters. The zero-order valence-corrected chi connectivity index (χ0v) is 15.4. The van der Waals surface area contributed by atoms with Crippen molar-refractivity contribution in [2.75, 3.05) is 19.2 Å². The SMILES string of the molecule is COc1ccc(/C=C(\C#N)C(=O)Nc2ccc3c(c2)OCO3)cc1C(C)C. The van der Waals surface area contributed by atoms with Gasteiger partial charge in [-0.2, -0.15) is 5.26 Å². The van der Waals surface area contributed by atoms with E-state index in [1.54, 1.807) is 31.4 Å². The van der Waals surface area contributed by atoms with Crippen molar-refractivity contribution in [3.8, 4) is 23.3 Å². The molecular formula is C21H20N2O4. The highest BCUT2D eigenvalue weighted by molar-refractivity contribution is 6.09. The third kappa shape index (κ3) is 4.04. The quantitative estimate of drug-likeness (QED) is 0.638. The van der Waals surface area contributed by atoms with E-state index in [0.29, 0.717) is 17.2 Å². The number of fused-ring (bicyclic) bond motifs is 1. The lowest BCUT2D eigenvalue weighted by molar-refractivity contribution is -0.112. The maximum Gasteiger partial charge on any atom is 0.266 e. The first-order valence-electron chi connectivity index (χ1n) is 8.52. The maximum absolute atomic E-state index is 12.5. The molecule has 1 heterocycles. The molecule has 3 rings (SSSR count). The Hall–Kier alpha value is -3.46. The molecule has 0 saturated carbocycles. The van der Waals surface area contributed by atoms with Gasteiger partial charge in [-0.3, -0.25) is 4.79 Å². The summed E-state index contributed by atoms with van der Waals surface area (Å²) in [6.07, 6.45) is 1.56. The zero-order valence-electron chi connectivity index (χ0n) is 15.4. The average Bonchev–Trinajstić information content (AvgIpc) is 3.13. The van der Waals surface area contributed by atoms with E-state index in [1.807, 2.05) is 24.3 Å². The number of benzene rings is 2. The molecule has 0 aliphatic carbocycles. The summed E-state index contributed by atoms with van der Waals surface area (Å²) < 4.78 is 15.9. The molecular weight excluding hydrogens is 344 g/mol. The van der Waals surface area contributed by atoms with E-state index >= 15 is 0 Å². The van der Waals surface area contributed by atoms with E-state index in [2.05, 4.69) is 19.2 Å². The number of carbonyl (C=O) groups excluding carboxylic acids is 1. The molecule has 0 bridgehead atoms. The summed E-state index contributed by atoms with van der Waals surface area (Å²) in [5.74, 6) is 1.74. The third-order valence-electron chi connectivity index (χ3n) is 4.18. The van der Waals surface area contributed by atoms with Crippen LogP contribution in [0.5, 0.6) is 17.2 Å². The molecule has 27 heavy (non-hydrogen) atoms. The van der Waals surface area contributed by atoms with Gasteiger partial charge in [-0.05, 0) is 47.4 Å². The number of nitriles is 1. The molecule has 2 aromatic carbocycles. The largest absolute Gasteiger partial charge is 0.496 e. The highest BCUT2D eigenvalue weighted by atomic mass is 16.7. The molecule has 0 aromatic heterocycles. The van der Waals surface area contributed by atoms with Gasteiger partial charge in [0.25, 0.3) is 5.91 Å². The molecule has 6 nitrogen and oxygen atoms in total. The van der Waals surface area contributed by atoms with E-state index in [4.69, 9.17) is 14.2 Å². The second-order valence-corrected chi connectivity index (χ2v) is 6.35. The van der Waals surface area contributed by atoms with Gasteiger partial charge in [0, 0.05) is 11.8 Å². The highest BCUT2D eigenvalue weighted by Crippen LogP contribution is 2.34. The van der Waals surface area contributed by atoms with Gasteiger partial charge in [-0.15, -0.1) is 0 Å². The van der Waals surface area contributed by atoms with Crippen molar-refractivity contribution < 1.29 is 19.0 Å². The minimum absolute atomic E-state index is 0.00698. The van der Waals surface area contributed by atoms with Crippen LogP contribution < -0.4 is 19.5 Å². The fourth-order valence-electron chi connectivity index (χ4n) is 2.78. The molecule has 1 aliphatic rings. The first-order valence-corrected chi connectivity index (χ1v) is 8.52. The van der Waals surface area contributed by atoms with Crippen molar-refractivity contribution in [1.82, 2.24) is 0 Å². The summed E-state index contributed by atoms with van der Waals surface area (Å²) in [5, 5.41) is 12.1. The van der Waals surface area contributed by atoms with Crippen molar-refractivity contribution in [3.63, 3.8) is 0 Å². The lowest BCUT2D eigenvalue weighted by Gasteiger charge is -2.12. The molecule has 1 aliphatic heterocycles. The molecule has 138 valence electrons. The van der Waals surface area contributed by atoms with Crippen molar-refractivity contribution in [1.29, 1.82) is 5.26 Å². The molecule has 1 amide bonds. The van der Waals surface area contributed by atoms with Crippen molar-refractivity contribution >= 4 is 17.7 Å². The summed E-state index contributed by atoms with van der Waals surface area (Å²) in [6, 6.07) is 12.6. The van der Waals surface area contributed by atoms with Crippen LogP contribution in [0.2, 0.25) is 0 Å². The number of hydrogen-bond acceptors (Lipinski definition) is 5. The van der Waals surface area contributed by atoms with Crippen molar-refractivity contribution in [2.45, 2.75) is 19.8 Å². The topological polar surface area (TPSA) is 80.6 Å². The standard InChI is InChI=1S/C21H20N2O4/c1-13(2)17-9-14(4-6-18(17)25-3)8-15(11-22)21(24)23-16-5-7-19-20(10-16)27-12-26-19/h4-10,13H,12H2,1-3H3,(H,23,24)/b15-8+. The zero-order chi connectivity index (χ0) is 19.4. The van der Waals surface area contributed by atoms with Gasteiger partial charge in [0.05, 0.1) is 7.11 Å². The van der Waals surface area contributed by atoms with Crippen LogP contribution in [-0.4, -0.2) is 19.8 Å². The van der Waals surface area contributed by atoms with Gasteiger partial charge in [-0.25, -0.2) is 0 Å². The number of carbonyl (C=O) groups is 1. The average molecular weight is 364 g/mol. The molecule has 0 unspecified atom stereocenters. The van der Waals surface area contributed by atoms with Crippen LogP contribution >= 0.6 is 0 Å². The molecule has 0 radical (unpaired) electrons. The number of anilines is 1. The smallest absolute Gasteiger partial charge is 0.266 e. The van der Waals surface area contributed by atoms with Gasteiger partial charge >= 0.3 is 0 Å². The first-order chi connectivity index (χ1) is 13.0. The molecule has 6 heteroatoms. The fourth-order valence-corrected chi connectivity index (χ4v) is 2.78. The number of methoxy groups -OCH3 is 1. The fraction of sp³-hybridized carbons (Fsp3) is 0.238. The first kappa shape index (κ1) is 18.3. The van der Waals surface area contributed by atoms with Crippen LogP contribution in [-0.2, 0) is 4.79 Å². The highest BCUT2D eigenvalue weighted by Gasteiger charge is 2.16. The number of amides is 1. The van der Waals surface area contributed by atoms with E-state index < -0.39 is 5.91 Å². The Labute approximate surface area is 158 Å². The molecule has 0 saturated heterocycles. The normalized spacial score (nSPS) is 12.6. The third-order valence-corrected chi connectivity index (χ3v) is 4.18. The predicted molar refractivity (Wildman–Crippen MR) is 102 cm³/mol. The summed E-state index contributed by atoms with van der Waals surface area (Å²) in [5.41, 5.74) is 2.31. The molecule has 1 N–H and O–H groups in total. The monoisotopic (exact) mass is 364 g/mol. The lowest BCUT2D eigenvalue weighted by atomic mass is 9.98. The number of hydrogen-bond donors (Lipinski definition) is 1. The van der Waals surface area contributed by atoms with Crippen LogP contribution in [0, 0.1) is 11.3 Å². The summed E-state index contributed by atoms with van der Waals surface area (Å²) >= 11 is 0. The van der Waals surface area contributed by atoms with Gasteiger partial charge in [0.1, 0.15) is 17.4 Å². The van der Waals surface area contributed by atoms with Crippen LogP contribution in [0.4, 0.5) is 5.69 Å². The second-order valence-electron chi connectivity index (χ2n) is 6.35. The predicted octanol–water partition coefficient (Wildman–Crippen LogP) is 4.09. The maximum atomic E-state index is 12.5. The van der Waals surface area contributed by atoms with Crippen LogP contribution in [0.15, 0.2) is 42.0 Å². The Morgan fingerprint density at radius 1 is 1.22 bits per heavy atom. The molecule has 2 aromatic rings. The van der Waals surface area contributed by atoms with Gasteiger partial charge in [0.2, 0.25) is 6.79 Å². The van der Waals surface area contributed by atoms with Crippen LogP contribution in [0.1, 0.15) is 30.9 Å². The van der Waals surface area contributed by atoms with Gasteiger partial charge in [-0.1, -0.05) is 19.9 Å². The van der Waals surface area contributed by atoms with Gasteiger partial charge < -0.3 is 19.5 Å². The number of ether oxygens (including phenoxy) is 3. The van der Waals surface area contributed by atoms with Crippen LogP contribution in [0.3, 0.4) is 0 Å². The number of nitrogens with zero attached hydrogens (tertiary/aromatic N) is 1. The molecule has 0 fully saturated rings. The van der Waals surface area contributed by atoms with Crippen molar-refractivity contribution in [2.24, 2.45) is 0 Å². The Balaban J connectivity index is 1.83. The minimum atomic E-state index is -0.488. The number of rotatable bonds is 5. The van der Waals surface area contributed by atoms with Gasteiger partial charge in [0.15, 0.2) is 11.5 Å². The number of nitrogens with one attached hydrogen (secondary N) is 1. The molecule has 0 spiro atoms. The van der Waals surface area contributed by atoms with E-state index in [0.717, 1.165) is 16.9 Å². The lowest BCUT2D eigenvalue weighted by Crippen LogP contribution is -2.13. The summed E-state index contributed by atoms with van der Waals surface area (Å²) in [7, 11) is 1.62. The van der Waals surface area contributed by atoms with Crippen LogP contribution in [0.25, 0.3) is 6.08 Å². The van der Waals surface area contributed by atoms with E-state index in [-0.39, 0.29) is 18.3 Å². The Kier molecular flexibility index (Phi) is 5.32. The van der Waals surface area contributed by atoms with E-state index in [1.165, 1.54) is 0 Å². The Morgan fingerprint density at radius 2 is 2.00 bits per heavy atom. The Morgan fingerprint density at radius 3 is 2.70 bits per heavy atom. The second kappa shape index (κ2) is 7.83. The van der Waals surface area contributed by atoms with Crippen molar-refractivity contribution in [3.05, 3.63) is 53.1 Å². The minimum Gasteiger partial charge on any atom is -0.496 e.